The molecule has 1 fully saturated rings. The van der Waals surface area contributed by atoms with Gasteiger partial charge in [0.2, 0.25) is 5.91 Å². The number of likely N-dealkylation sites (tertiary alicyclic amines) is 1. The summed E-state index contributed by atoms with van der Waals surface area (Å²) in [6, 6.07) is 2.98. The predicted molar refractivity (Wildman–Crippen MR) is 115 cm³/mol. The molecule has 1 unspecified atom stereocenters. The summed E-state index contributed by atoms with van der Waals surface area (Å²) in [7, 11) is 0. The fourth-order valence-corrected chi connectivity index (χ4v) is 4.63. The minimum atomic E-state index is -0.604. The Morgan fingerprint density at radius 1 is 1.18 bits per heavy atom. The molecule has 6 nitrogen and oxygen atoms in total. The average Bonchev–Trinajstić information content (AvgIpc) is 3.28. The molecule has 0 spiro atoms. The molecule has 1 aliphatic rings. The zero-order valence-corrected chi connectivity index (χ0v) is 18.1. The van der Waals surface area contributed by atoms with Gasteiger partial charge < -0.3 is 10.6 Å². The Hall–Kier alpha value is -1.77. The van der Waals surface area contributed by atoms with Crippen LogP contribution >= 0.6 is 22.7 Å². The van der Waals surface area contributed by atoms with E-state index in [1.54, 1.807) is 6.07 Å². The zero-order chi connectivity index (χ0) is 19.9. The van der Waals surface area contributed by atoms with Crippen molar-refractivity contribution in [1.82, 2.24) is 15.2 Å². The molecule has 2 aromatic heterocycles. The van der Waals surface area contributed by atoms with Crippen LogP contribution in [0, 0.1) is 5.92 Å². The molecule has 8 heteroatoms. The normalized spacial score (nSPS) is 16.5. The molecule has 28 heavy (non-hydrogen) atoms. The van der Waals surface area contributed by atoms with E-state index in [-0.39, 0.29) is 17.7 Å². The number of nitrogens with one attached hydrogen (secondary N) is 2. The van der Waals surface area contributed by atoms with Gasteiger partial charge in [-0.2, -0.15) is 0 Å². The standard InChI is InChI=1S/C20H28N4O2S2/c1-14(2)17(22-18(25)16-8-7-11-27-16)19(26)23-20-21-15(13-28-20)12-24-9-5-3-4-6-10-24/h7-8,11,13-14,17H,3-6,9-10,12H2,1-2H3,(H,22,25)(H,21,23,26). The van der Waals surface area contributed by atoms with Crippen molar-refractivity contribution < 1.29 is 9.59 Å². The Labute approximate surface area is 174 Å². The van der Waals surface area contributed by atoms with Gasteiger partial charge in [0.25, 0.3) is 5.91 Å². The van der Waals surface area contributed by atoms with Crippen molar-refractivity contribution >= 4 is 39.6 Å². The summed E-state index contributed by atoms with van der Waals surface area (Å²) >= 11 is 2.80. The van der Waals surface area contributed by atoms with Crippen molar-refractivity contribution in [3.05, 3.63) is 33.5 Å². The van der Waals surface area contributed by atoms with Gasteiger partial charge in [-0.3, -0.25) is 14.5 Å². The molecule has 2 amide bonds. The number of rotatable bonds is 7. The van der Waals surface area contributed by atoms with E-state index in [1.807, 2.05) is 30.7 Å². The summed E-state index contributed by atoms with van der Waals surface area (Å²) in [5, 5.41) is 10.2. The number of nitrogens with zero attached hydrogens (tertiary/aromatic N) is 2. The number of carbonyl (C=O) groups excluding carboxylic acids is 2. The number of carbonyl (C=O) groups is 2. The van der Waals surface area contributed by atoms with E-state index in [9.17, 15) is 9.59 Å². The molecule has 3 rings (SSSR count). The van der Waals surface area contributed by atoms with Gasteiger partial charge in [-0.1, -0.05) is 32.8 Å². The van der Waals surface area contributed by atoms with Crippen LogP contribution in [0.1, 0.15) is 54.9 Å². The summed E-state index contributed by atoms with van der Waals surface area (Å²) in [4.78, 5) is 32.7. The smallest absolute Gasteiger partial charge is 0.262 e. The average molecular weight is 421 g/mol. The van der Waals surface area contributed by atoms with Gasteiger partial charge in [0.1, 0.15) is 6.04 Å². The van der Waals surface area contributed by atoms with E-state index in [0.29, 0.717) is 10.0 Å². The summed E-state index contributed by atoms with van der Waals surface area (Å²) in [6.45, 7) is 6.90. The van der Waals surface area contributed by atoms with Crippen LogP contribution in [0.3, 0.4) is 0 Å². The van der Waals surface area contributed by atoms with E-state index in [4.69, 9.17) is 0 Å². The molecular formula is C20H28N4O2S2. The maximum Gasteiger partial charge on any atom is 0.262 e. The van der Waals surface area contributed by atoms with E-state index in [1.165, 1.54) is 48.4 Å². The third-order valence-corrected chi connectivity index (χ3v) is 6.52. The lowest BCUT2D eigenvalue weighted by Crippen LogP contribution is -2.46. The molecule has 1 atom stereocenters. The Kier molecular flexibility index (Phi) is 7.58. The number of anilines is 1. The third kappa shape index (κ3) is 5.86. The van der Waals surface area contributed by atoms with Gasteiger partial charge in [0, 0.05) is 11.9 Å². The predicted octanol–water partition coefficient (Wildman–Crippen LogP) is 3.97. The lowest BCUT2D eigenvalue weighted by Gasteiger charge is -2.20. The molecule has 0 aromatic carbocycles. The maximum absolute atomic E-state index is 12.7. The second kappa shape index (κ2) is 10.1. The molecule has 152 valence electrons. The van der Waals surface area contributed by atoms with Gasteiger partial charge in [-0.25, -0.2) is 4.98 Å². The van der Waals surface area contributed by atoms with Crippen molar-refractivity contribution in [2.24, 2.45) is 5.92 Å². The SMILES string of the molecule is CC(C)C(NC(=O)c1cccs1)C(=O)Nc1nc(CN2CCCCCC2)cs1. The van der Waals surface area contributed by atoms with Crippen LogP contribution in [0.5, 0.6) is 0 Å². The fourth-order valence-electron chi connectivity index (χ4n) is 3.30. The number of hydrogen-bond donors (Lipinski definition) is 2. The zero-order valence-electron chi connectivity index (χ0n) is 16.4. The maximum atomic E-state index is 12.7. The van der Waals surface area contributed by atoms with Gasteiger partial charge in [0.15, 0.2) is 5.13 Å². The number of amides is 2. The minimum Gasteiger partial charge on any atom is -0.339 e. The molecule has 0 aliphatic carbocycles. The van der Waals surface area contributed by atoms with Gasteiger partial charge in [-0.05, 0) is 43.3 Å². The molecule has 0 radical (unpaired) electrons. The number of thiazole rings is 1. The van der Waals surface area contributed by atoms with Crippen LogP contribution in [0.4, 0.5) is 5.13 Å². The van der Waals surface area contributed by atoms with Crippen molar-refractivity contribution in [2.75, 3.05) is 18.4 Å². The Bertz CT molecular complexity index is 765. The van der Waals surface area contributed by atoms with Crippen LogP contribution in [-0.4, -0.2) is 40.8 Å². The first-order valence-electron chi connectivity index (χ1n) is 9.85. The Balaban J connectivity index is 1.57. The molecule has 2 aromatic rings. The first kappa shape index (κ1) is 21.0. The van der Waals surface area contributed by atoms with Crippen LogP contribution in [-0.2, 0) is 11.3 Å². The van der Waals surface area contributed by atoms with Gasteiger partial charge >= 0.3 is 0 Å². The number of hydrogen-bond acceptors (Lipinski definition) is 6. The number of thiophene rings is 1. The third-order valence-electron chi connectivity index (χ3n) is 4.85. The lowest BCUT2D eigenvalue weighted by atomic mass is 10.0. The quantitative estimate of drug-likeness (QED) is 0.711. The summed E-state index contributed by atoms with van der Waals surface area (Å²) in [5.74, 6) is -0.471. The van der Waals surface area contributed by atoms with E-state index >= 15 is 0 Å². The van der Waals surface area contributed by atoms with Gasteiger partial charge in [0.05, 0.1) is 10.6 Å². The molecular weight excluding hydrogens is 392 g/mol. The van der Waals surface area contributed by atoms with Crippen LogP contribution in [0.2, 0.25) is 0 Å². The molecule has 1 aliphatic heterocycles. The van der Waals surface area contributed by atoms with Gasteiger partial charge in [-0.15, -0.1) is 22.7 Å². The topological polar surface area (TPSA) is 74.3 Å². The van der Waals surface area contributed by atoms with E-state index < -0.39 is 6.04 Å². The molecule has 3 heterocycles. The lowest BCUT2D eigenvalue weighted by molar-refractivity contribution is -0.118. The molecule has 1 saturated heterocycles. The monoisotopic (exact) mass is 420 g/mol. The highest BCUT2D eigenvalue weighted by Crippen LogP contribution is 2.20. The number of aromatic nitrogens is 1. The summed E-state index contributed by atoms with van der Waals surface area (Å²) in [6.07, 6.45) is 5.10. The van der Waals surface area contributed by atoms with Crippen molar-refractivity contribution in [3.63, 3.8) is 0 Å². The van der Waals surface area contributed by atoms with Crippen LogP contribution in [0.25, 0.3) is 0 Å². The molecule has 0 bridgehead atoms. The van der Waals surface area contributed by atoms with Crippen LogP contribution < -0.4 is 10.6 Å². The van der Waals surface area contributed by atoms with Crippen molar-refractivity contribution in [3.8, 4) is 0 Å². The largest absolute Gasteiger partial charge is 0.339 e. The fraction of sp³-hybridized carbons (Fsp3) is 0.550. The van der Waals surface area contributed by atoms with Crippen molar-refractivity contribution in [1.29, 1.82) is 0 Å². The second-order valence-corrected chi connectivity index (χ2v) is 9.30. The summed E-state index contributed by atoms with van der Waals surface area (Å²) < 4.78 is 0. The Morgan fingerprint density at radius 3 is 2.57 bits per heavy atom. The first-order valence-corrected chi connectivity index (χ1v) is 11.6. The summed E-state index contributed by atoms with van der Waals surface area (Å²) in [5.41, 5.74) is 0.992. The van der Waals surface area contributed by atoms with E-state index in [2.05, 4.69) is 20.5 Å². The minimum absolute atomic E-state index is 0.0274. The van der Waals surface area contributed by atoms with Crippen molar-refractivity contribution in [2.45, 2.75) is 52.1 Å². The van der Waals surface area contributed by atoms with Crippen LogP contribution in [0.15, 0.2) is 22.9 Å². The molecule has 0 saturated carbocycles. The molecule has 2 N–H and O–H groups in total. The highest BCUT2D eigenvalue weighted by atomic mass is 32.1. The first-order chi connectivity index (χ1) is 13.5. The Morgan fingerprint density at radius 2 is 1.93 bits per heavy atom. The highest BCUT2D eigenvalue weighted by molar-refractivity contribution is 7.14. The highest BCUT2D eigenvalue weighted by Gasteiger charge is 2.26. The second-order valence-electron chi connectivity index (χ2n) is 7.50. The van der Waals surface area contributed by atoms with E-state index in [0.717, 1.165) is 25.3 Å².